The fourth-order valence-electron chi connectivity index (χ4n) is 5.97. The Hall–Kier alpha value is -1.71. The molecule has 0 atom stereocenters. The molecular formula is C32H45FO2. The van der Waals surface area contributed by atoms with Crippen LogP contribution in [0, 0.1) is 17.7 Å². The smallest absolute Gasteiger partial charge is 0.183 e. The van der Waals surface area contributed by atoms with Gasteiger partial charge in [-0.2, -0.15) is 0 Å². The lowest BCUT2D eigenvalue weighted by atomic mass is 9.77. The minimum Gasteiger partial charge on any atom is -0.348 e. The van der Waals surface area contributed by atoms with Gasteiger partial charge in [0.05, 0.1) is 13.2 Å². The van der Waals surface area contributed by atoms with E-state index in [1.807, 2.05) is 30.3 Å². The average Bonchev–Trinajstić information content (AvgIpc) is 2.90. The molecule has 0 radical (unpaired) electrons. The van der Waals surface area contributed by atoms with Gasteiger partial charge in [0.15, 0.2) is 6.29 Å². The van der Waals surface area contributed by atoms with Gasteiger partial charge in [-0.05, 0) is 61.1 Å². The molecule has 2 aromatic rings. The first-order valence-corrected chi connectivity index (χ1v) is 14.3. The van der Waals surface area contributed by atoms with Crippen LogP contribution in [0.25, 0.3) is 11.1 Å². The Morgan fingerprint density at radius 2 is 1.40 bits per heavy atom. The standard InChI is InChI=1S/C32H45FO2/c1-3-5-6-7-8-10-25-22-34-32(35-23-25)28-17-15-27(16-18-28)30-20-19-29(21-31(30)33)26-13-11-24(9-4-2)12-14-26/h15-21,24-26,32H,3-14,22-23H2,1-2H3. The van der Waals surface area contributed by atoms with Crippen molar-refractivity contribution in [3.63, 3.8) is 0 Å². The summed E-state index contributed by atoms with van der Waals surface area (Å²) in [6.45, 7) is 6.05. The number of ether oxygens (including phenoxy) is 2. The third-order valence-corrected chi connectivity index (χ3v) is 8.18. The molecule has 192 valence electrons. The first-order valence-electron chi connectivity index (χ1n) is 14.3. The second kappa shape index (κ2) is 13.6. The number of rotatable bonds is 11. The number of benzene rings is 2. The minimum atomic E-state index is -0.310. The van der Waals surface area contributed by atoms with Crippen molar-refractivity contribution in [1.82, 2.24) is 0 Å². The topological polar surface area (TPSA) is 18.5 Å². The van der Waals surface area contributed by atoms with E-state index in [0.29, 0.717) is 17.4 Å². The van der Waals surface area contributed by atoms with Crippen molar-refractivity contribution in [2.75, 3.05) is 13.2 Å². The second-order valence-corrected chi connectivity index (χ2v) is 10.9. The van der Waals surface area contributed by atoms with Crippen LogP contribution in [-0.4, -0.2) is 13.2 Å². The zero-order chi connectivity index (χ0) is 24.5. The molecule has 1 aliphatic heterocycles. The van der Waals surface area contributed by atoms with Gasteiger partial charge in [-0.15, -0.1) is 0 Å². The molecule has 0 N–H and O–H groups in total. The van der Waals surface area contributed by atoms with Crippen molar-refractivity contribution in [3.05, 3.63) is 59.4 Å². The fraction of sp³-hybridized carbons (Fsp3) is 0.625. The molecule has 0 amide bonds. The predicted octanol–water partition coefficient (Wildman–Crippen LogP) is 9.59. The van der Waals surface area contributed by atoms with Crippen molar-refractivity contribution < 1.29 is 13.9 Å². The van der Waals surface area contributed by atoms with Crippen LogP contribution in [0.3, 0.4) is 0 Å². The molecule has 1 saturated heterocycles. The maximum absolute atomic E-state index is 15.1. The Balaban J connectivity index is 1.28. The molecule has 1 heterocycles. The van der Waals surface area contributed by atoms with Crippen LogP contribution in [0.15, 0.2) is 42.5 Å². The largest absolute Gasteiger partial charge is 0.348 e. The molecule has 0 bridgehead atoms. The first kappa shape index (κ1) is 26.4. The summed E-state index contributed by atoms with van der Waals surface area (Å²) in [6, 6.07) is 13.9. The van der Waals surface area contributed by atoms with Crippen LogP contribution in [0.1, 0.15) is 114 Å². The van der Waals surface area contributed by atoms with Gasteiger partial charge in [0.1, 0.15) is 5.82 Å². The summed E-state index contributed by atoms with van der Waals surface area (Å²) in [5.74, 6) is 1.77. The van der Waals surface area contributed by atoms with Gasteiger partial charge >= 0.3 is 0 Å². The van der Waals surface area contributed by atoms with Crippen molar-refractivity contribution >= 4 is 0 Å². The summed E-state index contributed by atoms with van der Waals surface area (Å²) in [6.07, 6.45) is 15.0. The molecule has 35 heavy (non-hydrogen) atoms. The first-order chi connectivity index (χ1) is 17.2. The van der Waals surface area contributed by atoms with Crippen molar-refractivity contribution in [2.24, 2.45) is 11.8 Å². The third kappa shape index (κ3) is 7.40. The molecule has 2 aromatic carbocycles. The zero-order valence-corrected chi connectivity index (χ0v) is 21.9. The Kier molecular flexibility index (Phi) is 10.2. The Bertz CT molecular complexity index is 877. The van der Waals surface area contributed by atoms with Gasteiger partial charge < -0.3 is 9.47 Å². The van der Waals surface area contributed by atoms with Gasteiger partial charge in [-0.1, -0.05) is 95.2 Å². The monoisotopic (exact) mass is 480 g/mol. The Labute approximate surface area is 212 Å². The molecule has 2 aliphatic rings. The molecule has 2 fully saturated rings. The summed E-state index contributed by atoms with van der Waals surface area (Å²) in [5, 5.41) is 0. The van der Waals surface area contributed by atoms with E-state index in [2.05, 4.69) is 19.9 Å². The molecule has 2 nitrogen and oxygen atoms in total. The van der Waals surface area contributed by atoms with E-state index < -0.39 is 0 Å². The number of halogens is 1. The number of hydrogen-bond acceptors (Lipinski definition) is 2. The third-order valence-electron chi connectivity index (χ3n) is 8.18. The lowest BCUT2D eigenvalue weighted by Crippen LogP contribution is -2.27. The molecule has 0 aromatic heterocycles. The van der Waals surface area contributed by atoms with Crippen LogP contribution in [0.2, 0.25) is 0 Å². The molecule has 4 rings (SSSR count). The summed E-state index contributed by atoms with van der Waals surface area (Å²) in [4.78, 5) is 0. The van der Waals surface area contributed by atoms with Gasteiger partial charge in [0, 0.05) is 17.0 Å². The van der Waals surface area contributed by atoms with Crippen LogP contribution >= 0.6 is 0 Å². The Morgan fingerprint density at radius 1 is 0.714 bits per heavy atom. The quantitative estimate of drug-likeness (QED) is 0.298. The van der Waals surface area contributed by atoms with E-state index in [1.165, 1.54) is 82.6 Å². The van der Waals surface area contributed by atoms with Crippen molar-refractivity contribution in [3.8, 4) is 11.1 Å². The molecular weight excluding hydrogens is 435 g/mol. The molecule has 0 spiro atoms. The molecule has 3 heteroatoms. The Morgan fingerprint density at radius 3 is 2.06 bits per heavy atom. The maximum atomic E-state index is 15.1. The van der Waals surface area contributed by atoms with E-state index >= 15 is 4.39 Å². The number of unbranched alkanes of at least 4 members (excludes halogenated alkanes) is 4. The average molecular weight is 481 g/mol. The summed E-state index contributed by atoms with van der Waals surface area (Å²) >= 11 is 0. The lowest BCUT2D eigenvalue weighted by molar-refractivity contribution is -0.206. The number of hydrogen-bond donors (Lipinski definition) is 0. The zero-order valence-electron chi connectivity index (χ0n) is 21.9. The summed E-state index contributed by atoms with van der Waals surface area (Å²) < 4.78 is 27.2. The molecule has 0 unspecified atom stereocenters. The van der Waals surface area contributed by atoms with E-state index in [9.17, 15) is 0 Å². The second-order valence-electron chi connectivity index (χ2n) is 10.9. The van der Waals surface area contributed by atoms with Crippen molar-refractivity contribution in [2.45, 2.75) is 103 Å². The van der Waals surface area contributed by atoms with Gasteiger partial charge in [0.2, 0.25) is 0 Å². The van der Waals surface area contributed by atoms with Crippen LogP contribution in [-0.2, 0) is 9.47 Å². The SMILES string of the molecule is CCCCCCCC1COC(c2ccc(-c3ccc(C4CCC(CCC)CC4)cc3F)cc2)OC1. The molecule has 1 aliphatic carbocycles. The molecule has 1 saturated carbocycles. The summed E-state index contributed by atoms with van der Waals surface area (Å²) in [5.41, 5.74) is 3.76. The van der Waals surface area contributed by atoms with E-state index in [1.54, 1.807) is 6.07 Å². The highest BCUT2D eigenvalue weighted by molar-refractivity contribution is 5.65. The van der Waals surface area contributed by atoms with Crippen LogP contribution in [0.4, 0.5) is 4.39 Å². The van der Waals surface area contributed by atoms with E-state index in [4.69, 9.17) is 9.47 Å². The van der Waals surface area contributed by atoms with Gasteiger partial charge in [0.25, 0.3) is 0 Å². The lowest BCUT2D eigenvalue weighted by Gasteiger charge is -2.30. The van der Waals surface area contributed by atoms with Gasteiger partial charge in [-0.25, -0.2) is 4.39 Å². The highest BCUT2D eigenvalue weighted by Gasteiger charge is 2.24. The van der Waals surface area contributed by atoms with Crippen LogP contribution < -0.4 is 0 Å². The normalized spacial score (nSPS) is 25.0. The van der Waals surface area contributed by atoms with Crippen molar-refractivity contribution in [1.29, 1.82) is 0 Å². The highest BCUT2D eigenvalue weighted by Crippen LogP contribution is 2.39. The van der Waals surface area contributed by atoms with E-state index in [0.717, 1.165) is 30.3 Å². The maximum Gasteiger partial charge on any atom is 0.183 e. The van der Waals surface area contributed by atoms with Crippen LogP contribution in [0.5, 0.6) is 0 Å². The summed E-state index contributed by atoms with van der Waals surface area (Å²) in [7, 11) is 0. The fourth-order valence-corrected chi connectivity index (χ4v) is 5.97. The predicted molar refractivity (Wildman–Crippen MR) is 143 cm³/mol. The minimum absolute atomic E-state index is 0.113. The highest BCUT2D eigenvalue weighted by atomic mass is 19.1. The van der Waals surface area contributed by atoms with Gasteiger partial charge in [-0.3, -0.25) is 0 Å². The van der Waals surface area contributed by atoms with E-state index in [-0.39, 0.29) is 12.1 Å².